The molecule has 585 valence electrons. The van der Waals surface area contributed by atoms with Gasteiger partial charge in [-0.25, -0.2) is 28.7 Å². The molecule has 0 unspecified atom stereocenters. The number of aryl methyl sites for hydroxylation is 4. The van der Waals surface area contributed by atoms with E-state index in [1.54, 1.807) is 109 Å². The smallest absolute Gasteiger partial charge is 0.431 e. The van der Waals surface area contributed by atoms with Gasteiger partial charge in [0.2, 0.25) is 5.69 Å². The van der Waals surface area contributed by atoms with Gasteiger partial charge in [-0.2, -0.15) is 26.3 Å². The average molecular weight is 2090 g/mol. The number of rotatable bonds is 6. The van der Waals surface area contributed by atoms with Crippen LogP contribution in [0.4, 0.5) is 26.3 Å². The van der Waals surface area contributed by atoms with Crippen molar-refractivity contribution in [2.45, 2.75) is 19.3 Å². The molecule has 3 radical (unpaired) electrons. The molecule has 117 heavy (non-hydrogen) atoms. The van der Waals surface area contributed by atoms with E-state index >= 15 is 0 Å². The van der Waals surface area contributed by atoms with Gasteiger partial charge in [-0.05, 0) is 102 Å². The van der Waals surface area contributed by atoms with Crippen LogP contribution in [0.25, 0.3) is 167 Å². The maximum absolute atomic E-state index is 12.3. The van der Waals surface area contributed by atoms with E-state index in [1.807, 2.05) is 158 Å². The van der Waals surface area contributed by atoms with Gasteiger partial charge in [0.15, 0.2) is 46.9 Å². The summed E-state index contributed by atoms with van der Waals surface area (Å²) < 4.78 is 96.5. The third-order valence-electron chi connectivity index (χ3n) is 17.9. The summed E-state index contributed by atoms with van der Waals surface area (Å²) in [5, 5.41) is 27.6. The minimum atomic E-state index is -4.56. The van der Waals surface area contributed by atoms with Crippen molar-refractivity contribution < 1.29 is 114 Å². The Hall–Kier alpha value is -13.3. The first kappa shape index (κ1) is 81.7. The number of alkyl halides is 6. The summed E-state index contributed by atoms with van der Waals surface area (Å²) in [5.74, 6) is -1.25. The molecular formula is C86H56F6Ir3N19O3-3. The molecule has 0 amide bonds. The van der Waals surface area contributed by atoms with Crippen LogP contribution in [0.3, 0.4) is 0 Å². The molecular weight excluding hydrogens is 2040 g/mol. The summed E-state index contributed by atoms with van der Waals surface area (Å²) in [7, 11) is 5.43. The van der Waals surface area contributed by atoms with Crippen LogP contribution in [0.5, 0.6) is 0 Å². The van der Waals surface area contributed by atoms with Crippen LogP contribution in [0, 0.1) is 25.1 Å². The first-order valence-electron chi connectivity index (χ1n) is 35.0. The zero-order valence-corrected chi connectivity index (χ0v) is 68.6. The average Bonchev–Trinajstić information content (AvgIpc) is 1.60. The van der Waals surface area contributed by atoms with Gasteiger partial charge in [0.1, 0.15) is 66.0 Å². The fraction of sp³-hybridized carbons (Fsp3) is 0.0698. The van der Waals surface area contributed by atoms with E-state index in [4.69, 9.17) is 13.3 Å². The van der Waals surface area contributed by atoms with Crippen molar-refractivity contribution in [3.8, 4) is 68.1 Å². The van der Waals surface area contributed by atoms with Crippen molar-refractivity contribution >= 4 is 99.3 Å². The molecule has 21 aromatic rings. The van der Waals surface area contributed by atoms with E-state index in [9.17, 15) is 26.3 Å². The molecule has 0 bridgehead atoms. The Morgan fingerprint density at radius 1 is 0.342 bits per heavy atom. The zero-order valence-electron chi connectivity index (χ0n) is 61.4. The number of hydrogen-bond donors (Lipinski definition) is 0. The molecule has 15 heterocycles. The standard InChI is InChI=1S/3C19H10N3O.C10H8F3N3.C10H11N3.C9H7F3N4.3Ir/c3*1-2-4-17-13(3-1)14-11-12(5-8-18(14)23-17)15-6-7-16-19(22-15)21-10-9-20-16;1-16-5-3-2-4-8(16)7-6-9(15-14-7)10(11,12)13;1-8-7-9(12-11-8)10-5-3-4-6-13(10)2;1-16-5-3-2-4-6(16)7-13-8(15-14-7)9(10,11)12;;;/h3*1-4,6-11H;2-6H,1H3;3-7H,1-2H3;2-5H,1H3;;;/q3*-1;;;;;;. The van der Waals surface area contributed by atoms with E-state index in [-0.39, 0.29) is 71.8 Å². The van der Waals surface area contributed by atoms with E-state index < -0.39 is 23.9 Å². The predicted molar refractivity (Wildman–Crippen MR) is 412 cm³/mol. The Balaban J connectivity index is 0.000000123. The zero-order chi connectivity index (χ0) is 78.5. The molecule has 0 aliphatic rings. The minimum absolute atomic E-state index is 0. The van der Waals surface area contributed by atoms with Crippen LogP contribution >= 0.6 is 0 Å². The van der Waals surface area contributed by atoms with Crippen LogP contribution < -0.4 is 29.0 Å². The van der Waals surface area contributed by atoms with E-state index in [1.165, 1.54) is 0 Å². The molecule has 15 aromatic heterocycles. The van der Waals surface area contributed by atoms with Crippen LogP contribution in [-0.2, 0) is 93.8 Å². The number of hydrogen-bond acceptors (Lipinski definition) is 16. The Morgan fingerprint density at radius 2 is 0.701 bits per heavy atom. The number of halogens is 6. The number of pyridine rings is 6. The predicted octanol–water partition coefficient (Wildman–Crippen LogP) is 16.5. The maximum atomic E-state index is 12.3. The normalized spacial score (nSPS) is 11.1. The second kappa shape index (κ2) is 35.6. The Labute approximate surface area is 700 Å². The Bertz CT molecular complexity index is 6530. The Kier molecular flexibility index (Phi) is 24.9. The number of furan rings is 3. The summed E-state index contributed by atoms with van der Waals surface area (Å²) in [6, 6.07) is 76.4. The molecule has 21 rings (SSSR count). The van der Waals surface area contributed by atoms with Crippen LogP contribution in [0.2, 0.25) is 0 Å². The summed E-state index contributed by atoms with van der Waals surface area (Å²) in [6.07, 6.45) is 6.37. The summed E-state index contributed by atoms with van der Waals surface area (Å²) >= 11 is 0. The van der Waals surface area contributed by atoms with Gasteiger partial charge in [0.25, 0.3) is 0 Å². The summed E-state index contributed by atoms with van der Waals surface area (Å²) in [6.45, 7) is 1.94. The van der Waals surface area contributed by atoms with Gasteiger partial charge >= 0.3 is 12.4 Å². The van der Waals surface area contributed by atoms with Crippen LogP contribution in [0.15, 0.2) is 281 Å². The van der Waals surface area contributed by atoms with Crippen molar-refractivity contribution in [3.63, 3.8) is 0 Å². The minimum Gasteiger partial charge on any atom is -0.570 e. The van der Waals surface area contributed by atoms with Gasteiger partial charge < -0.3 is 43.7 Å². The Morgan fingerprint density at radius 3 is 1.05 bits per heavy atom. The molecule has 0 aliphatic heterocycles. The van der Waals surface area contributed by atoms with Crippen molar-refractivity contribution in [1.29, 1.82) is 0 Å². The SMILES string of the molecule is C[n+]1ccccc1-c1cc(C(F)(F)F)n[n-]1.C[n+]1ccccc1-c1nc(C(F)(F)F)n[n-]1.Cc1cc(-c2cccc[n+]2C)[n-]n1.[Ir].[Ir].[Ir].[c-]1cc2oc3ccccc3c2cc1-c1ccc2nccnc2n1.[c-]1cc2oc3ccccc3c2cc1-c1ccc2nccnc2n1.[c-]1cc2oc3ccccc3c2cc1-c1ccc2nccnc2n1. The molecule has 0 fully saturated rings. The first-order chi connectivity index (χ1) is 55.4. The van der Waals surface area contributed by atoms with E-state index in [0.29, 0.717) is 28.3 Å². The van der Waals surface area contributed by atoms with Crippen LogP contribution in [0.1, 0.15) is 17.2 Å². The molecule has 0 aliphatic carbocycles. The quantitative estimate of drug-likeness (QED) is 0.0851. The van der Waals surface area contributed by atoms with Gasteiger partial charge in [0.05, 0.1) is 16.7 Å². The third-order valence-corrected chi connectivity index (χ3v) is 17.9. The largest absolute Gasteiger partial charge is 0.570 e. The van der Waals surface area contributed by atoms with Crippen molar-refractivity contribution in [2.24, 2.45) is 21.1 Å². The van der Waals surface area contributed by atoms with Gasteiger partial charge in [0, 0.05) is 162 Å². The molecule has 0 atom stereocenters. The topological polar surface area (TPSA) is 261 Å². The monoisotopic (exact) mass is 2100 g/mol. The molecule has 0 N–H and O–H groups in total. The number of para-hydroxylation sites is 3. The van der Waals surface area contributed by atoms with E-state index in [0.717, 1.165) is 139 Å². The maximum Gasteiger partial charge on any atom is 0.431 e. The number of fused-ring (bicyclic) bond motifs is 12. The van der Waals surface area contributed by atoms with Crippen molar-refractivity contribution in [3.05, 3.63) is 304 Å². The molecule has 22 nitrogen and oxygen atoms in total. The van der Waals surface area contributed by atoms with E-state index in [2.05, 4.69) is 135 Å². The molecule has 6 aromatic carbocycles. The summed E-state index contributed by atoms with van der Waals surface area (Å²) in [4.78, 5) is 42.6. The fourth-order valence-electron chi connectivity index (χ4n) is 12.3. The number of benzene rings is 6. The van der Waals surface area contributed by atoms with Gasteiger partial charge in [-0.3, -0.25) is 35.0 Å². The molecule has 0 saturated carbocycles. The molecule has 0 saturated heterocycles. The number of aromatic nitrogens is 19. The van der Waals surface area contributed by atoms with Gasteiger partial charge in [-0.1, -0.05) is 89.0 Å². The van der Waals surface area contributed by atoms with Crippen LogP contribution in [-0.4, -0.2) is 65.1 Å². The summed E-state index contributed by atoms with van der Waals surface area (Å²) in [5.41, 5.74) is 17.9. The third kappa shape index (κ3) is 18.3. The second-order valence-electron chi connectivity index (χ2n) is 25.5. The fourth-order valence-corrected chi connectivity index (χ4v) is 12.3. The number of nitrogens with zero attached hydrogens (tertiary/aromatic N) is 19. The van der Waals surface area contributed by atoms with Gasteiger partial charge in [-0.15, -0.1) is 71.3 Å². The molecule has 0 spiro atoms. The first-order valence-corrected chi connectivity index (χ1v) is 35.0. The van der Waals surface area contributed by atoms with Crippen molar-refractivity contribution in [1.82, 2.24) is 80.4 Å². The second-order valence-corrected chi connectivity index (χ2v) is 25.5. The molecule has 31 heteroatoms. The van der Waals surface area contributed by atoms with Crippen molar-refractivity contribution in [2.75, 3.05) is 0 Å².